The molecule has 2 heterocycles. The lowest BCUT2D eigenvalue weighted by Gasteiger charge is -2.26. The molecule has 3 aromatic rings. The molecule has 5 nitrogen and oxygen atoms in total. The minimum absolute atomic E-state index is 0.140. The van der Waals surface area contributed by atoms with Crippen molar-refractivity contribution in [2.75, 3.05) is 32.1 Å². The van der Waals surface area contributed by atoms with Gasteiger partial charge in [-0.3, -0.25) is 9.36 Å². The van der Waals surface area contributed by atoms with Crippen LogP contribution in [0.15, 0.2) is 53.7 Å². The molecule has 0 radical (unpaired) electrons. The Morgan fingerprint density at radius 1 is 1.15 bits per heavy atom. The van der Waals surface area contributed by atoms with E-state index < -0.39 is 0 Å². The van der Waals surface area contributed by atoms with Crippen molar-refractivity contribution in [3.63, 3.8) is 0 Å². The quantitative estimate of drug-likeness (QED) is 0.664. The average Bonchev–Trinajstić information content (AvgIpc) is 3.05. The third-order valence-corrected chi connectivity index (χ3v) is 5.40. The van der Waals surface area contributed by atoms with Gasteiger partial charge in [0, 0.05) is 18.8 Å². The minimum Gasteiger partial charge on any atom is -0.378 e. The van der Waals surface area contributed by atoms with Crippen molar-refractivity contribution >= 4 is 28.7 Å². The second-order valence-electron chi connectivity index (χ2n) is 6.34. The van der Waals surface area contributed by atoms with Crippen LogP contribution in [0.3, 0.4) is 0 Å². The first kappa shape index (κ1) is 17.1. The van der Waals surface area contributed by atoms with Crippen molar-refractivity contribution in [2.24, 2.45) is 0 Å². The van der Waals surface area contributed by atoms with Gasteiger partial charge in [-0.05, 0) is 36.8 Å². The number of nitrogens with zero attached hydrogens (tertiary/aromatic N) is 3. The van der Waals surface area contributed by atoms with Gasteiger partial charge in [-0.1, -0.05) is 36.0 Å². The van der Waals surface area contributed by atoms with Gasteiger partial charge in [0.15, 0.2) is 5.16 Å². The van der Waals surface area contributed by atoms with E-state index in [1.807, 2.05) is 29.2 Å². The van der Waals surface area contributed by atoms with E-state index >= 15 is 0 Å². The van der Waals surface area contributed by atoms with Gasteiger partial charge in [-0.25, -0.2) is 4.98 Å². The number of ether oxygens (including phenoxy) is 1. The van der Waals surface area contributed by atoms with E-state index in [0.717, 1.165) is 21.9 Å². The molecule has 1 fully saturated rings. The van der Waals surface area contributed by atoms with E-state index in [1.165, 1.54) is 17.3 Å². The molecule has 0 unspecified atom stereocenters. The molecule has 1 aliphatic heterocycles. The average molecular weight is 367 g/mol. The molecule has 1 aliphatic rings. The van der Waals surface area contributed by atoms with Gasteiger partial charge in [-0.15, -0.1) is 0 Å². The summed E-state index contributed by atoms with van der Waals surface area (Å²) in [6.07, 6.45) is 0. The first-order valence-electron chi connectivity index (χ1n) is 8.75. The highest BCUT2D eigenvalue weighted by Gasteiger charge is 2.19. The predicted molar refractivity (Wildman–Crippen MR) is 104 cm³/mol. The standard InChI is InChI=1S/C20H21N3O2S/c1-15-5-4-6-16(13-15)23-18-8-3-2-7-17(18)21-20(23)26-14-19(24)22-9-11-25-12-10-22/h2-8,13H,9-12,14H2,1H3. The zero-order valence-corrected chi connectivity index (χ0v) is 15.5. The van der Waals surface area contributed by atoms with Crippen LogP contribution < -0.4 is 0 Å². The Labute approximate surface area is 157 Å². The number of benzene rings is 2. The molecule has 1 saturated heterocycles. The number of rotatable bonds is 4. The van der Waals surface area contributed by atoms with Gasteiger partial charge in [0.25, 0.3) is 0 Å². The number of thioether (sulfide) groups is 1. The summed E-state index contributed by atoms with van der Waals surface area (Å²) >= 11 is 1.50. The molecule has 1 amide bonds. The Balaban J connectivity index is 1.64. The van der Waals surface area contributed by atoms with Gasteiger partial charge in [0.1, 0.15) is 0 Å². The number of fused-ring (bicyclic) bond motifs is 1. The molecule has 1 aromatic heterocycles. The fourth-order valence-corrected chi connectivity index (χ4v) is 4.08. The van der Waals surface area contributed by atoms with Crippen molar-refractivity contribution in [2.45, 2.75) is 12.1 Å². The van der Waals surface area contributed by atoms with Gasteiger partial charge in [0.05, 0.1) is 30.0 Å². The van der Waals surface area contributed by atoms with E-state index in [2.05, 4.69) is 35.8 Å². The topological polar surface area (TPSA) is 47.4 Å². The molecule has 0 aliphatic carbocycles. The number of morpholine rings is 1. The van der Waals surface area contributed by atoms with Gasteiger partial charge >= 0.3 is 0 Å². The molecule has 0 spiro atoms. The first-order valence-corrected chi connectivity index (χ1v) is 9.74. The second kappa shape index (κ2) is 7.51. The molecule has 6 heteroatoms. The number of hydrogen-bond donors (Lipinski definition) is 0. The lowest BCUT2D eigenvalue weighted by molar-refractivity contribution is -0.132. The molecule has 0 N–H and O–H groups in total. The second-order valence-corrected chi connectivity index (χ2v) is 7.28. The summed E-state index contributed by atoms with van der Waals surface area (Å²) in [6, 6.07) is 16.4. The van der Waals surface area contributed by atoms with Crippen LogP contribution in [0.4, 0.5) is 0 Å². The normalized spacial score (nSPS) is 14.7. The van der Waals surface area contributed by atoms with Crippen LogP contribution in [0.1, 0.15) is 5.56 Å². The highest BCUT2D eigenvalue weighted by molar-refractivity contribution is 7.99. The summed E-state index contributed by atoms with van der Waals surface area (Å²) in [5.41, 5.74) is 4.26. The summed E-state index contributed by atoms with van der Waals surface area (Å²) in [4.78, 5) is 19.1. The molecule has 134 valence electrons. The number of carbonyl (C=O) groups is 1. The molecule has 2 aromatic carbocycles. The monoisotopic (exact) mass is 367 g/mol. The zero-order valence-electron chi connectivity index (χ0n) is 14.7. The number of para-hydroxylation sites is 2. The largest absolute Gasteiger partial charge is 0.378 e. The van der Waals surface area contributed by atoms with Crippen LogP contribution >= 0.6 is 11.8 Å². The summed E-state index contributed by atoms with van der Waals surface area (Å²) in [7, 11) is 0. The summed E-state index contributed by atoms with van der Waals surface area (Å²) < 4.78 is 7.46. The van der Waals surface area contributed by atoms with Gasteiger partial charge in [-0.2, -0.15) is 0 Å². The van der Waals surface area contributed by atoms with Crippen LogP contribution in [0.25, 0.3) is 16.7 Å². The number of aryl methyl sites for hydroxylation is 1. The van der Waals surface area contributed by atoms with Crippen LogP contribution in [0, 0.1) is 6.92 Å². The number of amides is 1. The minimum atomic E-state index is 0.140. The fraction of sp³-hybridized carbons (Fsp3) is 0.300. The van der Waals surface area contributed by atoms with Crippen LogP contribution in [-0.2, 0) is 9.53 Å². The predicted octanol–water partition coefficient (Wildman–Crippen LogP) is 3.28. The Kier molecular flexibility index (Phi) is 4.95. The van der Waals surface area contributed by atoms with Crippen LogP contribution in [0.5, 0.6) is 0 Å². The highest BCUT2D eigenvalue weighted by Crippen LogP contribution is 2.28. The molecule has 4 rings (SSSR count). The molecular weight excluding hydrogens is 346 g/mol. The van der Waals surface area contributed by atoms with Crippen molar-refractivity contribution in [1.29, 1.82) is 0 Å². The maximum Gasteiger partial charge on any atom is 0.233 e. The van der Waals surface area contributed by atoms with Crippen LogP contribution in [-0.4, -0.2) is 52.4 Å². The van der Waals surface area contributed by atoms with Crippen molar-refractivity contribution in [3.05, 3.63) is 54.1 Å². The fourth-order valence-electron chi connectivity index (χ4n) is 3.15. The Morgan fingerprint density at radius 2 is 1.96 bits per heavy atom. The third kappa shape index (κ3) is 3.48. The Morgan fingerprint density at radius 3 is 2.77 bits per heavy atom. The van der Waals surface area contributed by atoms with E-state index in [-0.39, 0.29) is 5.91 Å². The summed E-state index contributed by atoms with van der Waals surface area (Å²) in [5, 5.41) is 0.846. The third-order valence-electron chi connectivity index (χ3n) is 4.48. The Bertz CT molecular complexity index is 932. The van der Waals surface area contributed by atoms with Gasteiger partial charge in [0.2, 0.25) is 5.91 Å². The lowest BCUT2D eigenvalue weighted by Crippen LogP contribution is -2.41. The molecule has 26 heavy (non-hydrogen) atoms. The van der Waals surface area contributed by atoms with E-state index in [1.54, 1.807) is 0 Å². The molecule has 0 saturated carbocycles. The van der Waals surface area contributed by atoms with Gasteiger partial charge < -0.3 is 9.64 Å². The lowest BCUT2D eigenvalue weighted by atomic mass is 10.2. The van der Waals surface area contributed by atoms with E-state index in [4.69, 9.17) is 9.72 Å². The van der Waals surface area contributed by atoms with E-state index in [9.17, 15) is 4.79 Å². The Hall–Kier alpha value is -2.31. The van der Waals surface area contributed by atoms with Crippen molar-refractivity contribution in [3.8, 4) is 5.69 Å². The van der Waals surface area contributed by atoms with Crippen molar-refractivity contribution in [1.82, 2.24) is 14.5 Å². The maximum absolute atomic E-state index is 12.5. The molecule has 0 bridgehead atoms. The number of carbonyl (C=O) groups excluding carboxylic acids is 1. The van der Waals surface area contributed by atoms with E-state index in [0.29, 0.717) is 32.1 Å². The number of imidazole rings is 1. The zero-order chi connectivity index (χ0) is 17.9. The van der Waals surface area contributed by atoms with Crippen molar-refractivity contribution < 1.29 is 9.53 Å². The van der Waals surface area contributed by atoms with Crippen LogP contribution in [0.2, 0.25) is 0 Å². The highest BCUT2D eigenvalue weighted by atomic mass is 32.2. The summed E-state index contributed by atoms with van der Waals surface area (Å²) in [6.45, 7) is 4.68. The summed E-state index contributed by atoms with van der Waals surface area (Å²) in [5.74, 6) is 0.524. The number of hydrogen-bond acceptors (Lipinski definition) is 4. The molecular formula is C20H21N3O2S. The molecule has 0 atom stereocenters. The number of aromatic nitrogens is 2. The first-order chi connectivity index (χ1) is 12.7. The maximum atomic E-state index is 12.5. The SMILES string of the molecule is Cc1cccc(-n2c(SCC(=O)N3CCOCC3)nc3ccccc32)c1. The smallest absolute Gasteiger partial charge is 0.233 e.